The molecule has 0 saturated heterocycles. The fourth-order valence-electron chi connectivity index (χ4n) is 9.59. The van der Waals surface area contributed by atoms with Gasteiger partial charge in [-0.15, -0.1) is 0 Å². The summed E-state index contributed by atoms with van der Waals surface area (Å²) in [5.74, 6) is -0.0804. The molecular weight excluding hydrogens is 899 g/mol. The fraction of sp³-hybridized carbons (Fsp3) is 0.821. The Labute approximate surface area is 454 Å². The zero-order valence-electron chi connectivity index (χ0n) is 48.6. The van der Waals surface area contributed by atoms with Gasteiger partial charge >= 0.3 is 5.97 Å². The van der Waals surface area contributed by atoms with Crippen LogP contribution in [0.2, 0.25) is 0 Å². The van der Waals surface area contributed by atoms with Crippen molar-refractivity contribution in [2.45, 2.75) is 341 Å². The van der Waals surface area contributed by atoms with E-state index in [4.69, 9.17) is 4.74 Å². The zero-order valence-corrected chi connectivity index (χ0v) is 48.6. The lowest BCUT2D eigenvalue weighted by molar-refractivity contribution is -0.143. The summed E-state index contributed by atoms with van der Waals surface area (Å²) < 4.78 is 5.46. The van der Waals surface area contributed by atoms with E-state index in [1.807, 2.05) is 6.08 Å². The van der Waals surface area contributed by atoms with Crippen LogP contribution in [0.5, 0.6) is 0 Å². The van der Waals surface area contributed by atoms with E-state index in [1.165, 1.54) is 244 Å². The number of hydrogen-bond donors (Lipinski definition) is 3. The average molecular weight is 1020 g/mol. The van der Waals surface area contributed by atoms with Crippen molar-refractivity contribution in [3.8, 4) is 0 Å². The van der Waals surface area contributed by atoms with Crippen molar-refractivity contribution in [3.63, 3.8) is 0 Å². The van der Waals surface area contributed by atoms with Gasteiger partial charge in [-0.3, -0.25) is 9.59 Å². The highest BCUT2D eigenvalue weighted by Gasteiger charge is 2.18. The standard InChI is InChI=1S/C67H123NO5/c1-3-5-7-9-11-13-15-17-18-19-29-32-36-39-43-47-51-55-59-65(70)64(63-69)68-66(71)60-56-52-48-44-40-37-33-30-27-25-23-21-20-22-24-26-28-31-34-38-42-46-50-54-58-62-73-67(72)61-57-53-49-45-41-35-16-14-12-10-8-6-4-2/h8,10,14,16,21-24,55,59,64-65,69-70H,3-7,9,11-13,15,17-20,25-54,56-58,60-63H2,1-2H3,(H,68,71)/b10-8-,16-14-,23-21-,24-22-,59-55+. The minimum atomic E-state index is -0.850. The zero-order chi connectivity index (χ0) is 52.9. The van der Waals surface area contributed by atoms with Gasteiger partial charge in [-0.1, -0.05) is 286 Å². The van der Waals surface area contributed by atoms with Crippen LogP contribution in [0.15, 0.2) is 60.8 Å². The van der Waals surface area contributed by atoms with Gasteiger partial charge in [-0.25, -0.2) is 0 Å². The maximum atomic E-state index is 12.5. The predicted octanol–water partition coefficient (Wildman–Crippen LogP) is 20.3. The molecule has 73 heavy (non-hydrogen) atoms. The Balaban J connectivity index is 3.48. The largest absolute Gasteiger partial charge is 0.466 e. The molecule has 0 saturated carbocycles. The van der Waals surface area contributed by atoms with E-state index in [0.717, 1.165) is 57.8 Å². The molecule has 0 aromatic heterocycles. The van der Waals surface area contributed by atoms with Gasteiger partial charge in [0.15, 0.2) is 0 Å². The van der Waals surface area contributed by atoms with Crippen molar-refractivity contribution in [1.82, 2.24) is 5.32 Å². The number of rotatable bonds is 59. The highest BCUT2D eigenvalue weighted by Crippen LogP contribution is 2.17. The topological polar surface area (TPSA) is 95.9 Å². The fourth-order valence-corrected chi connectivity index (χ4v) is 9.59. The van der Waals surface area contributed by atoms with Gasteiger partial charge in [0, 0.05) is 12.8 Å². The number of allylic oxidation sites excluding steroid dienone is 9. The lowest BCUT2D eigenvalue weighted by Crippen LogP contribution is -2.45. The van der Waals surface area contributed by atoms with Crippen LogP contribution in [0.4, 0.5) is 0 Å². The van der Waals surface area contributed by atoms with E-state index in [9.17, 15) is 19.8 Å². The van der Waals surface area contributed by atoms with Crippen LogP contribution < -0.4 is 5.32 Å². The van der Waals surface area contributed by atoms with Gasteiger partial charge in [0.2, 0.25) is 5.91 Å². The lowest BCUT2D eigenvalue weighted by Gasteiger charge is -2.20. The number of esters is 1. The molecule has 0 aromatic rings. The summed E-state index contributed by atoms with van der Waals surface area (Å²) in [7, 11) is 0. The van der Waals surface area contributed by atoms with Crippen LogP contribution in [0.3, 0.4) is 0 Å². The molecule has 0 heterocycles. The number of unbranched alkanes of at least 4 members (excludes halogenated alkanes) is 40. The maximum absolute atomic E-state index is 12.5. The van der Waals surface area contributed by atoms with Crippen molar-refractivity contribution >= 4 is 11.9 Å². The average Bonchev–Trinajstić information content (AvgIpc) is 3.39. The molecule has 0 rings (SSSR count). The molecule has 3 N–H and O–H groups in total. The van der Waals surface area contributed by atoms with Gasteiger partial charge in [0.1, 0.15) is 0 Å². The number of carbonyl (C=O) groups is 2. The molecule has 6 nitrogen and oxygen atoms in total. The van der Waals surface area contributed by atoms with Crippen LogP contribution in [0.25, 0.3) is 0 Å². The second kappa shape index (κ2) is 62.1. The van der Waals surface area contributed by atoms with Crippen LogP contribution in [0, 0.1) is 0 Å². The SMILES string of the molecule is CCC/C=C\C/C=C\CCCCCCCC(=O)OCCCCCCCCCCC/C=C\C/C=C\CCCCCCCCCCCC(=O)NC(CO)C(O)/C=C/CCCCCCCCCCCCCCCCCC. The summed E-state index contributed by atoms with van der Waals surface area (Å²) in [5, 5.41) is 23.2. The molecule has 0 aliphatic rings. The first-order chi connectivity index (χ1) is 36.0. The van der Waals surface area contributed by atoms with Crippen LogP contribution in [0.1, 0.15) is 328 Å². The summed E-state index contributed by atoms with van der Waals surface area (Å²) in [6.45, 7) is 4.84. The third-order valence-corrected chi connectivity index (χ3v) is 14.5. The minimum Gasteiger partial charge on any atom is -0.466 e. The summed E-state index contributed by atoms with van der Waals surface area (Å²) in [6.07, 6.45) is 81.2. The normalized spacial score (nSPS) is 13.0. The Bertz CT molecular complexity index is 1270. The number of nitrogens with one attached hydrogen (secondary N) is 1. The van der Waals surface area contributed by atoms with Crippen molar-refractivity contribution in [2.75, 3.05) is 13.2 Å². The minimum absolute atomic E-state index is 0.00733. The first-order valence-corrected chi connectivity index (χ1v) is 32.1. The van der Waals surface area contributed by atoms with Gasteiger partial charge in [0.05, 0.1) is 25.4 Å². The maximum Gasteiger partial charge on any atom is 0.305 e. The smallest absolute Gasteiger partial charge is 0.305 e. The van der Waals surface area contributed by atoms with Crippen LogP contribution in [-0.4, -0.2) is 47.4 Å². The van der Waals surface area contributed by atoms with Crippen molar-refractivity contribution < 1.29 is 24.5 Å². The first kappa shape index (κ1) is 70.6. The van der Waals surface area contributed by atoms with E-state index in [0.29, 0.717) is 19.4 Å². The molecule has 0 spiro atoms. The van der Waals surface area contributed by atoms with Gasteiger partial charge in [0.25, 0.3) is 0 Å². The summed E-state index contributed by atoms with van der Waals surface area (Å²) >= 11 is 0. The van der Waals surface area contributed by atoms with Crippen LogP contribution >= 0.6 is 0 Å². The Hall–Kier alpha value is -2.44. The van der Waals surface area contributed by atoms with E-state index < -0.39 is 12.1 Å². The highest BCUT2D eigenvalue weighted by atomic mass is 16.5. The third kappa shape index (κ3) is 58.7. The Kier molecular flexibility index (Phi) is 60.0. The molecule has 0 fully saturated rings. The second-order valence-corrected chi connectivity index (χ2v) is 21.7. The molecule has 2 atom stereocenters. The van der Waals surface area contributed by atoms with E-state index >= 15 is 0 Å². The molecule has 426 valence electrons. The van der Waals surface area contributed by atoms with Crippen LogP contribution in [-0.2, 0) is 14.3 Å². The number of ether oxygens (including phenoxy) is 1. The van der Waals surface area contributed by atoms with Gasteiger partial charge < -0.3 is 20.3 Å². The molecular formula is C67H123NO5. The van der Waals surface area contributed by atoms with Crippen molar-refractivity contribution in [3.05, 3.63) is 60.8 Å². The first-order valence-electron chi connectivity index (χ1n) is 32.1. The highest BCUT2D eigenvalue weighted by molar-refractivity contribution is 5.76. The van der Waals surface area contributed by atoms with Crippen molar-refractivity contribution in [1.29, 1.82) is 0 Å². The Morgan fingerprint density at radius 2 is 0.712 bits per heavy atom. The number of amides is 1. The number of aliphatic hydroxyl groups is 2. The predicted molar refractivity (Wildman–Crippen MR) is 319 cm³/mol. The number of carbonyl (C=O) groups excluding carboxylic acids is 2. The molecule has 1 amide bonds. The molecule has 0 aliphatic carbocycles. The summed E-state index contributed by atoms with van der Waals surface area (Å²) in [6, 6.07) is -0.634. The van der Waals surface area contributed by atoms with E-state index in [2.05, 4.69) is 67.8 Å². The molecule has 0 bridgehead atoms. The molecule has 0 aliphatic heterocycles. The number of hydrogen-bond acceptors (Lipinski definition) is 5. The van der Waals surface area contributed by atoms with Crippen molar-refractivity contribution in [2.24, 2.45) is 0 Å². The molecule has 0 aromatic carbocycles. The third-order valence-electron chi connectivity index (χ3n) is 14.5. The summed E-state index contributed by atoms with van der Waals surface area (Å²) in [5.41, 5.74) is 0. The lowest BCUT2D eigenvalue weighted by atomic mass is 10.0. The van der Waals surface area contributed by atoms with E-state index in [1.54, 1.807) is 6.08 Å². The Morgan fingerprint density at radius 3 is 1.10 bits per heavy atom. The summed E-state index contributed by atoms with van der Waals surface area (Å²) in [4.78, 5) is 24.5. The van der Waals surface area contributed by atoms with Gasteiger partial charge in [-0.2, -0.15) is 0 Å². The van der Waals surface area contributed by atoms with Gasteiger partial charge in [-0.05, 0) is 89.9 Å². The molecule has 2 unspecified atom stereocenters. The number of aliphatic hydroxyl groups excluding tert-OH is 2. The Morgan fingerprint density at radius 1 is 0.384 bits per heavy atom. The quantitative estimate of drug-likeness (QED) is 0.0320. The monoisotopic (exact) mass is 1020 g/mol. The van der Waals surface area contributed by atoms with E-state index in [-0.39, 0.29) is 18.5 Å². The molecule has 6 heteroatoms. The molecule has 0 radical (unpaired) electrons. The second-order valence-electron chi connectivity index (χ2n) is 21.7.